The maximum absolute atomic E-state index is 12.2. The molecule has 0 bridgehead atoms. The average molecular weight is 322 g/mol. The van der Waals surface area contributed by atoms with Gasteiger partial charge < -0.3 is 0 Å². The lowest BCUT2D eigenvalue weighted by atomic mass is 10.2. The maximum Gasteiger partial charge on any atom is 0.242 e. The van der Waals surface area contributed by atoms with Crippen LogP contribution in [-0.2, 0) is 30.2 Å². The molecule has 0 saturated carbocycles. The van der Waals surface area contributed by atoms with Gasteiger partial charge in [0.15, 0.2) is 0 Å². The van der Waals surface area contributed by atoms with Crippen LogP contribution in [0.3, 0.4) is 0 Å². The lowest BCUT2D eigenvalue weighted by Gasteiger charge is -2.17. The molecule has 1 aromatic heterocycles. The summed E-state index contributed by atoms with van der Waals surface area (Å²) in [6.07, 6.45) is 3.81. The van der Waals surface area contributed by atoms with Gasteiger partial charge in [0.2, 0.25) is 10.0 Å². The zero-order chi connectivity index (χ0) is 16.3. The van der Waals surface area contributed by atoms with Crippen molar-refractivity contribution in [2.24, 2.45) is 7.05 Å². The van der Waals surface area contributed by atoms with Gasteiger partial charge in [0, 0.05) is 46.0 Å². The molecule has 2 rings (SSSR count). The Hall–Kier alpha value is -1.70. The van der Waals surface area contributed by atoms with Crippen LogP contribution < -0.4 is 0 Å². The van der Waals surface area contributed by atoms with E-state index < -0.39 is 10.0 Å². The molecule has 0 N–H and O–H groups in total. The molecule has 1 aromatic carbocycles. The predicted molar refractivity (Wildman–Crippen MR) is 85.7 cm³/mol. The van der Waals surface area contributed by atoms with Crippen LogP contribution in [-0.4, -0.2) is 48.5 Å². The van der Waals surface area contributed by atoms with E-state index in [0.717, 1.165) is 17.7 Å². The van der Waals surface area contributed by atoms with Crippen molar-refractivity contribution < 1.29 is 8.42 Å². The van der Waals surface area contributed by atoms with Gasteiger partial charge in [-0.3, -0.25) is 9.58 Å². The summed E-state index contributed by atoms with van der Waals surface area (Å²) in [6.45, 7) is 1.43. The Balaban J connectivity index is 2.10. The molecule has 0 amide bonds. The molecule has 0 aliphatic heterocycles. The van der Waals surface area contributed by atoms with Crippen LogP contribution in [0.2, 0.25) is 0 Å². The van der Waals surface area contributed by atoms with Crippen LogP contribution >= 0.6 is 0 Å². The number of hydrogen-bond acceptors (Lipinski definition) is 4. The molecule has 0 fully saturated rings. The van der Waals surface area contributed by atoms with Crippen molar-refractivity contribution in [3.63, 3.8) is 0 Å². The van der Waals surface area contributed by atoms with E-state index in [2.05, 4.69) is 10.00 Å². The molecule has 0 saturated heterocycles. The molecule has 22 heavy (non-hydrogen) atoms. The Morgan fingerprint density at radius 2 is 1.82 bits per heavy atom. The van der Waals surface area contributed by atoms with Crippen molar-refractivity contribution in [1.82, 2.24) is 19.0 Å². The molecule has 0 aliphatic rings. The molecular formula is C15H22N4O2S. The molecule has 2 aromatic rings. The van der Waals surface area contributed by atoms with Crippen molar-refractivity contribution in [1.29, 1.82) is 0 Å². The van der Waals surface area contributed by atoms with Crippen LogP contribution in [0.15, 0.2) is 41.6 Å². The lowest BCUT2D eigenvalue weighted by Crippen LogP contribution is -2.22. The smallest absolute Gasteiger partial charge is 0.242 e. The van der Waals surface area contributed by atoms with E-state index in [0.29, 0.717) is 11.4 Å². The standard InChI is InChI=1S/C15H22N4O2S/c1-17(2)22(20,21)15-7-5-6-13(8-15)10-18(3)11-14-9-16-19(4)12-14/h5-9,12H,10-11H2,1-4H3. The normalized spacial score (nSPS) is 12.3. The van der Waals surface area contributed by atoms with Gasteiger partial charge >= 0.3 is 0 Å². The fraction of sp³-hybridized carbons (Fsp3) is 0.400. The number of aromatic nitrogens is 2. The van der Waals surface area contributed by atoms with Crippen molar-refractivity contribution in [2.45, 2.75) is 18.0 Å². The topological polar surface area (TPSA) is 58.4 Å². The maximum atomic E-state index is 12.2. The SMILES string of the molecule is CN(Cc1cccc(S(=O)(=O)N(C)C)c1)Cc1cnn(C)c1. The van der Waals surface area contributed by atoms with Crippen LogP contribution in [0.5, 0.6) is 0 Å². The number of nitrogens with zero attached hydrogens (tertiary/aromatic N) is 4. The molecule has 120 valence electrons. The van der Waals surface area contributed by atoms with E-state index >= 15 is 0 Å². The van der Waals surface area contributed by atoms with E-state index in [4.69, 9.17) is 0 Å². The predicted octanol–water partition coefficient (Wildman–Crippen LogP) is 1.30. The Bertz CT molecular complexity index is 738. The highest BCUT2D eigenvalue weighted by Crippen LogP contribution is 2.16. The van der Waals surface area contributed by atoms with Gasteiger partial charge in [0.1, 0.15) is 0 Å². The molecule has 0 unspecified atom stereocenters. The minimum Gasteiger partial charge on any atom is -0.298 e. The second-order valence-corrected chi connectivity index (χ2v) is 7.78. The van der Waals surface area contributed by atoms with E-state index in [1.807, 2.05) is 32.6 Å². The Labute approximate surface area is 132 Å². The first-order chi connectivity index (χ1) is 10.3. The molecule has 1 heterocycles. The third kappa shape index (κ3) is 3.94. The first-order valence-corrected chi connectivity index (χ1v) is 8.40. The van der Waals surface area contributed by atoms with Crippen LogP contribution in [0, 0.1) is 0 Å². The summed E-state index contributed by atoms with van der Waals surface area (Å²) < 4.78 is 27.3. The average Bonchev–Trinajstić information content (AvgIpc) is 2.84. The third-order valence-electron chi connectivity index (χ3n) is 3.34. The minimum absolute atomic E-state index is 0.324. The number of hydrogen-bond donors (Lipinski definition) is 0. The molecule has 0 atom stereocenters. The second-order valence-electron chi connectivity index (χ2n) is 5.63. The number of sulfonamides is 1. The summed E-state index contributed by atoms with van der Waals surface area (Å²) in [5.74, 6) is 0. The quantitative estimate of drug-likeness (QED) is 0.804. The summed E-state index contributed by atoms with van der Waals surface area (Å²) >= 11 is 0. The lowest BCUT2D eigenvalue weighted by molar-refractivity contribution is 0.318. The second kappa shape index (κ2) is 6.60. The first kappa shape index (κ1) is 16.7. The fourth-order valence-electron chi connectivity index (χ4n) is 2.25. The van der Waals surface area contributed by atoms with E-state index in [1.165, 1.54) is 18.4 Å². The van der Waals surface area contributed by atoms with Gasteiger partial charge in [-0.2, -0.15) is 5.10 Å². The zero-order valence-electron chi connectivity index (χ0n) is 13.4. The molecule has 0 aliphatic carbocycles. The van der Waals surface area contributed by atoms with Gasteiger partial charge in [-0.15, -0.1) is 0 Å². The van der Waals surface area contributed by atoms with Gasteiger partial charge in [-0.25, -0.2) is 12.7 Å². The molecule has 0 radical (unpaired) electrons. The first-order valence-electron chi connectivity index (χ1n) is 6.96. The largest absolute Gasteiger partial charge is 0.298 e. The van der Waals surface area contributed by atoms with Gasteiger partial charge in [-0.1, -0.05) is 12.1 Å². The van der Waals surface area contributed by atoms with Crippen LogP contribution in [0.25, 0.3) is 0 Å². The van der Waals surface area contributed by atoms with E-state index in [1.54, 1.807) is 22.9 Å². The van der Waals surface area contributed by atoms with Crippen LogP contribution in [0.1, 0.15) is 11.1 Å². The van der Waals surface area contributed by atoms with Gasteiger partial charge in [0.25, 0.3) is 0 Å². The number of benzene rings is 1. The summed E-state index contributed by atoms with van der Waals surface area (Å²) in [7, 11) is 3.58. The monoisotopic (exact) mass is 322 g/mol. The Kier molecular flexibility index (Phi) is 5.00. The summed E-state index contributed by atoms with van der Waals surface area (Å²) in [5, 5.41) is 4.15. The van der Waals surface area contributed by atoms with Crippen LogP contribution in [0.4, 0.5) is 0 Å². The fourth-order valence-corrected chi connectivity index (χ4v) is 3.22. The van der Waals surface area contributed by atoms with Crippen molar-refractivity contribution in [2.75, 3.05) is 21.1 Å². The zero-order valence-corrected chi connectivity index (χ0v) is 14.2. The number of rotatable bonds is 6. The van der Waals surface area contributed by atoms with Crippen molar-refractivity contribution in [3.8, 4) is 0 Å². The highest BCUT2D eigenvalue weighted by atomic mass is 32.2. The summed E-state index contributed by atoms with van der Waals surface area (Å²) in [6, 6.07) is 7.08. The molecule has 6 nitrogen and oxygen atoms in total. The van der Waals surface area contributed by atoms with Crippen molar-refractivity contribution in [3.05, 3.63) is 47.8 Å². The Morgan fingerprint density at radius 3 is 2.41 bits per heavy atom. The molecule has 7 heteroatoms. The highest BCUT2D eigenvalue weighted by molar-refractivity contribution is 7.89. The third-order valence-corrected chi connectivity index (χ3v) is 5.15. The number of aryl methyl sites for hydroxylation is 1. The van der Waals surface area contributed by atoms with Crippen molar-refractivity contribution >= 4 is 10.0 Å². The summed E-state index contributed by atoms with van der Waals surface area (Å²) in [5.41, 5.74) is 2.09. The van der Waals surface area contributed by atoms with Gasteiger partial charge in [-0.05, 0) is 24.7 Å². The van der Waals surface area contributed by atoms with E-state index in [-0.39, 0.29) is 0 Å². The summed E-state index contributed by atoms with van der Waals surface area (Å²) in [4.78, 5) is 2.45. The van der Waals surface area contributed by atoms with E-state index in [9.17, 15) is 8.42 Å². The minimum atomic E-state index is -3.39. The molecule has 0 spiro atoms. The van der Waals surface area contributed by atoms with Gasteiger partial charge in [0.05, 0.1) is 11.1 Å². The molecular weight excluding hydrogens is 300 g/mol. The highest BCUT2D eigenvalue weighted by Gasteiger charge is 2.17. The Morgan fingerprint density at radius 1 is 1.14 bits per heavy atom.